The Labute approximate surface area is 99.7 Å². The van der Waals surface area contributed by atoms with E-state index in [0.29, 0.717) is 5.69 Å². The van der Waals surface area contributed by atoms with Crippen molar-refractivity contribution >= 4 is 5.69 Å². The third kappa shape index (κ3) is 1.88. The Balaban J connectivity index is 2.11. The number of nitrogens with zero attached hydrogens (tertiary/aromatic N) is 4. The fourth-order valence-corrected chi connectivity index (χ4v) is 2.33. The van der Waals surface area contributed by atoms with Crippen molar-refractivity contribution in [1.29, 1.82) is 0 Å². The van der Waals surface area contributed by atoms with E-state index in [2.05, 4.69) is 15.1 Å². The fourth-order valence-electron chi connectivity index (χ4n) is 2.33. The average molecular weight is 229 g/mol. The Kier molecular flexibility index (Phi) is 2.51. The van der Waals surface area contributed by atoms with Gasteiger partial charge in [-0.25, -0.2) is 14.6 Å². The maximum absolute atomic E-state index is 5.70. The molecular formula is C12H15N5. The van der Waals surface area contributed by atoms with Gasteiger partial charge in [-0.1, -0.05) is 6.42 Å². The first-order valence-electron chi connectivity index (χ1n) is 5.98. The van der Waals surface area contributed by atoms with Crippen molar-refractivity contribution in [2.45, 2.75) is 32.1 Å². The summed E-state index contributed by atoms with van der Waals surface area (Å²) in [5.74, 6) is 0.883. The number of hydrogen-bond donors (Lipinski definition) is 1. The van der Waals surface area contributed by atoms with Crippen LogP contribution in [0.3, 0.4) is 0 Å². The molecule has 0 spiro atoms. The molecule has 0 saturated carbocycles. The summed E-state index contributed by atoms with van der Waals surface area (Å²) in [7, 11) is 0. The van der Waals surface area contributed by atoms with Crippen molar-refractivity contribution in [1.82, 2.24) is 19.7 Å². The van der Waals surface area contributed by atoms with E-state index < -0.39 is 0 Å². The first-order valence-corrected chi connectivity index (χ1v) is 5.98. The van der Waals surface area contributed by atoms with E-state index in [0.717, 1.165) is 18.7 Å². The van der Waals surface area contributed by atoms with Gasteiger partial charge in [-0.3, -0.25) is 0 Å². The molecule has 0 unspecified atom stereocenters. The third-order valence-electron chi connectivity index (χ3n) is 3.17. The number of aryl methyl sites for hydroxylation is 1. The average Bonchev–Trinajstić information content (AvgIpc) is 2.63. The number of nitrogen functional groups attached to an aromatic ring is 1. The normalized spacial score (nSPS) is 15.3. The second kappa shape index (κ2) is 4.16. The van der Waals surface area contributed by atoms with E-state index in [1.54, 1.807) is 23.4 Å². The summed E-state index contributed by atoms with van der Waals surface area (Å²) < 4.78 is 1.75. The van der Waals surface area contributed by atoms with Gasteiger partial charge in [-0.05, 0) is 25.7 Å². The van der Waals surface area contributed by atoms with E-state index >= 15 is 0 Å². The van der Waals surface area contributed by atoms with Gasteiger partial charge < -0.3 is 5.73 Å². The maximum Gasteiger partial charge on any atom is 0.160 e. The topological polar surface area (TPSA) is 69.6 Å². The van der Waals surface area contributed by atoms with Crippen LogP contribution >= 0.6 is 0 Å². The Bertz CT molecular complexity index is 531. The van der Waals surface area contributed by atoms with Crippen LogP contribution in [0.4, 0.5) is 5.69 Å². The molecule has 2 aromatic rings. The number of hydrogen-bond acceptors (Lipinski definition) is 4. The molecule has 0 atom stereocenters. The number of anilines is 1. The molecule has 0 aromatic carbocycles. The Morgan fingerprint density at radius 1 is 1.12 bits per heavy atom. The molecule has 0 fully saturated rings. The number of aromatic nitrogens is 4. The van der Waals surface area contributed by atoms with E-state index in [1.165, 1.54) is 30.5 Å². The first-order chi connectivity index (χ1) is 8.34. The lowest BCUT2D eigenvalue weighted by Gasteiger charge is -2.09. The Hall–Kier alpha value is -1.91. The van der Waals surface area contributed by atoms with E-state index in [1.807, 2.05) is 0 Å². The summed E-state index contributed by atoms with van der Waals surface area (Å²) in [5, 5.41) is 4.23. The first kappa shape index (κ1) is 10.3. The third-order valence-corrected chi connectivity index (χ3v) is 3.17. The van der Waals surface area contributed by atoms with E-state index in [4.69, 9.17) is 5.73 Å². The Morgan fingerprint density at radius 2 is 2.00 bits per heavy atom. The van der Waals surface area contributed by atoms with Gasteiger partial charge in [0.25, 0.3) is 0 Å². The molecule has 0 radical (unpaired) electrons. The molecule has 1 aliphatic carbocycles. The van der Waals surface area contributed by atoms with Crippen LogP contribution in [0.15, 0.2) is 18.7 Å². The van der Waals surface area contributed by atoms with Gasteiger partial charge >= 0.3 is 0 Å². The molecule has 5 heteroatoms. The smallest absolute Gasteiger partial charge is 0.160 e. The molecule has 88 valence electrons. The second-order valence-corrected chi connectivity index (χ2v) is 4.40. The molecule has 2 aromatic heterocycles. The predicted octanol–water partition coefficient (Wildman–Crippen LogP) is 1.51. The van der Waals surface area contributed by atoms with Crippen LogP contribution < -0.4 is 5.73 Å². The molecule has 5 nitrogen and oxygen atoms in total. The minimum absolute atomic E-state index is 0.658. The Morgan fingerprint density at radius 3 is 2.82 bits per heavy atom. The predicted molar refractivity (Wildman–Crippen MR) is 64.8 cm³/mol. The molecule has 1 aliphatic rings. The van der Waals surface area contributed by atoms with Crippen LogP contribution in [0.5, 0.6) is 0 Å². The van der Waals surface area contributed by atoms with Gasteiger partial charge in [0.1, 0.15) is 6.33 Å². The zero-order valence-corrected chi connectivity index (χ0v) is 9.63. The fraction of sp³-hybridized carbons (Fsp3) is 0.417. The summed E-state index contributed by atoms with van der Waals surface area (Å²) in [6, 6.07) is 0. The minimum atomic E-state index is 0.658. The standard InChI is InChI=1S/C12H15N5/c13-9-6-16-17(7-9)12-10-4-2-1-3-5-11(10)14-8-15-12/h6-8H,1-5,13H2. The van der Waals surface area contributed by atoms with E-state index in [-0.39, 0.29) is 0 Å². The summed E-state index contributed by atoms with van der Waals surface area (Å²) >= 11 is 0. The lowest BCUT2D eigenvalue weighted by atomic mass is 10.1. The lowest BCUT2D eigenvalue weighted by Crippen LogP contribution is -2.07. The zero-order valence-electron chi connectivity index (χ0n) is 9.63. The molecule has 2 N–H and O–H groups in total. The molecule has 0 saturated heterocycles. The second-order valence-electron chi connectivity index (χ2n) is 4.40. The summed E-state index contributed by atoms with van der Waals surface area (Å²) in [6.07, 6.45) is 10.8. The molecule has 0 bridgehead atoms. The van der Waals surface area contributed by atoms with Crippen LogP contribution in [0, 0.1) is 0 Å². The van der Waals surface area contributed by atoms with Crippen molar-refractivity contribution in [3.63, 3.8) is 0 Å². The van der Waals surface area contributed by atoms with Crippen LogP contribution in [0.1, 0.15) is 30.5 Å². The highest BCUT2D eigenvalue weighted by atomic mass is 15.3. The van der Waals surface area contributed by atoms with Gasteiger partial charge in [-0.15, -0.1) is 0 Å². The monoisotopic (exact) mass is 229 g/mol. The van der Waals surface area contributed by atoms with Crippen molar-refractivity contribution in [2.24, 2.45) is 0 Å². The molecule has 2 heterocycles. The maximum atomic E-state index is 5.70. The van der Waals surface area contributed by atoms with Crippen molar-refractivity contribution in [3.05, 3.63) is 30.0 Å². The summed E-state index contributed by atoms with van der Waals surface area (Å²) in [6.45, 7) is 0. The summed E-state index contributed by atoms with van der Waals surface area (Å²) in [4.78, 5) is 8.74. The van der Waals surface area contributed by atoms with Gasteiger partial charge in [-0.2, -0.15) is 5.10 Å². The highest BCUT2D eigenvalue weighted by Crippen LogP contribution is 2.23. The van der Waals surface area contributed by atoms with E-state index in [9.17, 15) is 0 Å². The van der Waals surface area contributed by atoms with Gasteiger partial charge in [0.05, 0.1) is 18.1 Å². The highest BCUT2D eigenvalue weighted by molar-refractivity contribution is 5.40. The highest BCUT2D eigenvalue weighted by Gasteiger charge is 2.15. The quantitative estimate of drug-likeness (QED) is 0.752. The van der Waals surface area contributed by atoms with Gasteiger partial charge in [0.2, 0.25) is 0 Å². The molecule has 0 amide bonds. The zero-order chi connectivity index (χ0) is 11.7. The van der Waals surface area contributed by atoms with Crippen LogP contribution in [-0.2, 0) is 12.8 Å². The van der Waals surface area contributed by atoms with Crippen molar-refractivity contribution in [2.75, 3.05) is 5.73 Å². The van der Waals surface area contributed by atoms with Gasteiger partial charge in [0.15, 0.2) is 5.82 Å². The number of rotatable bonds is 1. The summed E-state index contributed by atoms with van der Waals surface area (Å²) in [5.41, 5.74) is 8.75. The molecule has 0 aliphatic heterocycles. The largest absolute Gasteiger partial charge is 0.396 e. The van der Waals surface area contributed by atoms with Crippen LogP contribution in [-0.4, -0.2) is 19.7 Å². The lowest BCUT2D eigenvalue weighted by molar-refractivity contribution is 0.707. The van der Waals surface area contributed by atoms with Crippen LogP contribution in [0.2, 0.25) is 0 Å². The minimum Gasteiger partial charge on any atom is -0.396 e. The number of nitrogens with two attached hydrogens (primary N) is 1. The SMILES string of the molecule is Nc1cnn(-c2ncnc3c2CCCCC3)c1. The van der Waals surface area contributed by atoms with Crippen molar-refractivity contribution in [3.8, 4) is 5.82 Å². The van der Waals surface area contributed by atoms with Gasteiger partial charge in [0, 0.05) is 11.3 Å². The molecule has 3 rings (SSSR count). The molecule has 17 heavy (non-hydrogen) atoms. The number of fused-ring (bicyclic) bond motifs is 1. The van der Waals surface area contributed by atoms with Crippen molar-refractivity contribution < 1.29 is 0 Å². The molecular weight excluding hydrogens is 214 g/mol. The van der Waals surface area contributed by atoms with Crippen LogP contribution in [0.25, 0.3) is 5.82 Å².